The summed E-state index contributed by atoms with van der Waals surface area (Å²) in [6.45, 7) is 0.868. The van der Waals surface area contributed by atoms with Gasteiger partial charge in [0.05, 0.1) is 12.1 Å². The fourth-order valence-corrected chi connectivity index (χ4v) is 1.75. The molecular weight excluding hydrogens is 220 g/mol. The smallest absolute Gasteiger partial charge is 0.175 e. The molecule has 1 aliphatic heterocycles. The molecule has 0 radical (unpaired) electrons. The quantitative estimate of drug-likeness (QED) is 0.726. The third kappa shape index (κ3) is 1.61. The van der Waals surface area contributed by atoms with Crippen molar-refractivity contribution < 1.29 is 19.0 Å². The van der Waals surface area contributed by atoms with Crippen molar-refractivity contribution in [1.29, 1.82) is 0 Å². The number of methoxy groups -OCH3 is 1. The Morgan fingerprint density at radius 3 is 2.87 bits per heavy atom. The fraction of sp³-hybridized carbons (Fsp3) is 0.300. The van der Waals surface area contributed by atoms with Gasteiger partial charge in [0.2, 0.25) is 0 Å². The van der Waals surface area contributed by atoms with Crippen LogP contribution in [-0.4, -0.2) is 26.6 Å². The second-order valence-electron chi connectivity index (χ2n) is 2.95. The molecule has 1 aliphatic rings. The molecule has 0 spiro atoms. The SMILES string of the molecule is COc1c(Cl)cc2c(c1C=O)OCCO2. The third-order valence-corrected chi connectivity index (χ3v) is 2.38. The van der Waals surface area contributed by atoms with Gasteiger partial charge in [-0.05, 0) is 0 Å². The summed E-state index contributed by atoms with van der Waals surface area (Å²) in [4.78, 5) is 10.9. The first-order chi connectivity index (χ1) is 7.27. The van der Waals surface area contributed by atoms with Crippen LogP contribution in [0.5, 0.6) is 17.2 Å². The van der Waals surface area contributed by atoms with Crippen LogP contribution in [0.15, 0.2) is 6.07 Å². The van der Waals surface area contributed by atoms with Gasteiger partial charge < -0.3 is 14.2 Å². The maximum atomic E-state index is 10.9. The van der Waals surface area contributed by atoms with E-state index in [-0.39, 0.29) is 0 Å². The van der Waals surface area contributed by atoms with Gasteiger partial charge in [0.1, 0.15) is 18.8 Å². The number of aldehydes is 1. The number of hydrogen-bond donors (Lipinski definition) is 0. The molecule has 0 amide bonds. The number of hydrogen-bond acceptors (Lipinski definition) is 4. The van der Waals surface area contributed by atoms with Crippen LogP contribution in [-0.2, 0) is 0 Å². The molecule has 5 heteroatoms. The lowest BCUT2D eigenvalue weighted by atomic mass is 10.1. The molecule has 0 bridgehead atoms. The molecule has 0 N–H and O–H groups in total. The molecule has 80 valence electrons. The molecule has 0 atom stereocenters. The minimum absolute atomic E-state index is 0.291. The molecular formula is C10H9ClO4. The Morgan fingerprint density at radius 2 is 2.20 bits per heavy atom. The minimum Gasteiger partial charge on any atom is -0.494 e. The second kappa shape index (κ2) is 3.98. The first-order valence-corrected chi connectivity index (χ1v) is 4.77. The van der Waals surface area contributed by atoms with Crippen LogP contribution in [0, 0.1) is 0 Å². The maximum absolute atomic E-state index is 10.9. The monoisotopic (exact) mass is 228 g/mol. The van der Waals surface area contributed by atoms with E-state index in [2.05, 4.69) is 0 Å². The first-order valence-electron chi connectivity index (χ1n) is 4.39. The van der Waals surface area contributed by atoms with Gasteiger partial charge in [0, 0.05) is 6.07 Å². The minimum atomic E-state index is 0.291. The molecule has 0 saturated heterocycles. The zero-order valence-electron chi connectivity index (χ0n) is 8.08. The Hall–Kier alpha value is -1.42. The summed E-state index contributed by atoms with van der Waals surface area (Å²) in [5.41, 5.74) is 0.291. The van der Waals surface area contributed by atoms with Gasteiger partial charge >= 0.3 is 0 Å². The summed E-state index contributed by atoms with van der Waals surface area (Å²) in [5, 5.41) is 0.337. The van der Waals surface area contributed by atoms with Gasteiger partial charge in [-0.15, -0.1) is 0 Å². The summed E-state index contributed by atoms with van der Waals surface area (Å²) in [5.74, 6) is 1.20. The predicted molar refractivity (Wildman–Crippen MR) is 54.4 cm³/mol. The van der Waals surface area contributed by atoms with Crippen molar-refractivity contribution in [3.8, 4) is 17.2 Å². The molecule has 0 unspecified atom stereocenters. The van der Waals surface area contributed by atoms with Crippen molar-refractivity contribution >= 4 is 17.9 Å². The average molecular weight is 229 g/mol. The zero-order chi connectivity index (χ0) is 10.8. The van der Waals surface area contributed by atoms with E-state index in [1.807, 2.05) is 0 Å². The number of carbonyl (C=O) groups excluding carboxylic acids is 1. The van der Waals surface area contributed by atoms with Crippen molar-refractivity contribution in [3.05, 3.63) is 16.7 Å². The number of benzene rings is 1. The number of carbonyl (C=O) groups is 1. The van der Waals surface area contributed by atoms with Crippen LogP contribution < -0.4 is 14.2 Å². The highest BCUT2D eigenvalue weighted by Gasteiger charge is 2.22. The van der Waals surface area contributed by atoms with Gasteiger partial charge in [-0.25, -0.2) is 0 Å². The van der Waals surface area contributed by atoms with Crippen molar-refractivity contribution in [2.75, 3.05) is 20.3 Å². The average Bonchev–Trinajstić information content (AvgIpc) is 2.27. The summed E-state index contributed by atoms with van der Waals surface area (Å²) in [6, 6.07) is 1.59. The van der Waals surface area contributed by atoms with E-state index in [1.54, 1.807) is 6.07 Å². The molecule has 1 aromatic rings. The number of fused-ring (bicyclic) bond motifs is 1. The highest BCUT2D eigenvalue weighted by molar-refractivity contribution is 6.32. The van der Waals surface area contributed by atoms with E-state index in [1.165, 1.54) is 7.11 Å². The van der Waals surface area contributed by atoms with E-state index in [4.69, 9.17) is 25.8 Å². The molecule has 1 heterocycles. The van der Waals surface area contributed by atoms with Crippen LogP contribution in [0.25, 0.3) is 0 Å². The third-order valence-electron chi connectivity index (χ3n) is 2.10. The van der Waals surface area contributed by atoms with Crippen molar-refractivity contribution in [2.24, 2.45) is 0 Å². The van der Waals surface area contributed by atoms with Crippen molar-refractivity contribution in [3.63, 3.8) is 0 Å². The zero-order valence-corrected chi connectivity index (χ0v) is 8.84. The van der Waals surface area contributed by atoms with E-state index in [0.29, 0.717) is 47.3 Å². The Balaban J connectivity index is 2.64. The Kier molecular flexibility index (Phi) is 2.68. The van der Waals surface area contributed by atoms with Gasteiger partial charge in [0.15, 0.2) is 23.5 Å². The Labute approximate surface area is 91.7 Å². The highest BCUT2D eigenvalue weighted by Crippen LogP contribution is 2.43. The Bertz CT molecular complexity index is 403. The first kappa shape index (κ1) is 10.1. The standard InChI is InChI=1S/C10H9ClO4/c1-13-9-6(5-12)10-8(4-7(9)11)14-2-3-15-10/h4-5H,2-3H2,1H3. The number of halogens is 1. The highest BCUT2D eigenvalue weighted by atomic mass is 35.5. The molecule has 4 nitrogen and oxygen atoms in total. The van der Waals surface area contributed by atoms with Crippen LogP contribution in [0.1, 0.15) is 10.4 Å². The topological polar surface area (TPSA) is 44.8 Å². The van der Waals surface area contributed by atoms with E-state index in [9.17, 15) is 4.79 Å². The van der Waals surface area contributed by atoms with Crippen molar-refractivity contribution in [1.82, 2.24) is 0 Å². The Morgan fingerprint density at radius 1 is 1.47 bits per heavy atom. The summed E-state index contributed by atoms with van der Waals surface area (Å²) in [7, 11) is 1.45. The lowest BCUT2D eigenvalue weighted by molar-refractivity contribution is 0.110. The predicted octanol–water partition coefficient (Wildman–Crippen LogP) is 1.93. The van der Waals surface area contributed by atoms with Crippen LogP contribution in [0.2, 0.25) is 5.02 Å². The van der Waals surface area contributed by atoms with Crippen LogP contribution in [0.4, 0.5) is 0 Å². The van der Waals surface area contributed by atoms with Gasteiger partial charge in [0.25, 0.3) is 0 Å². The lowest BCUT2D eigenvalue weighted by Gasteiger charge is -2.21. The van der Waals surface area contributed by atoms with Gasteiger partial charge in [-0.1, -0.05) is 11.6 Å². The lowest BCUT2D eigenvalue weighted by Crippen LogP contribution is -2.17. The molecule has 2 rings (SSSR count). The molecule has 15 heavy (non-hydrogen) atoms. The molecule has 0 saturated carbocycles. The van der Waals surface area contributed by atoms with E-state index in [0.717, 1.165) is 0 Å². The molecule has 0 fully saturated rings. The van der Waals surface area contributed by atoms with Crippen molar-refractivity contribution in [2.45, 2.75) is 0 Å². The van der Waals surface area contributed by atoms with E-state index >= 15 is 0 Å². The maximum Gasteiger partial charge on any atom is 0.175 e. The number of ether oxygens (including phenoxy) is 3. The largest absolute Gasteiger partial charge is 0.494 e. The van der Waals surface area contributed by atoms with Gasteiger partial charge in [-0.2, -0.15) is 0 Å². The summed E-state index contributed by atoms with van der Waals surface area (Å²) in [6.07, 6.45) is 0.651. The van der Waals surface area contributed by atoms with Crippen LogP contribution in [0.3, 0.4) is 0 Å². The molecule has 0 aliphatic carbocycles. The normalized spacial score (nSPS) is 13.5. The van der Waals surface area contributed by atoms with E-state index < -0.39 is 0 Å². The fourth-order valence-electron chi connectivity index (χ4n) is 1.48. The second-order valence-corrected chi connectivity index (χ2v) is 3.35. The molecule has 1 aromatic carbocycles. The summed E-state index contributed by atoms with van der Waals surface area (Å²) < 4.78 is 15.7. The van der Waals surface area contributed by atoms with Crippen LogP contribution >= 0.6 is 11.6 Å². The number of rotatable bonds is 2. The molecule has 0 aromatic heterocycles. The van der Waals surface area contributed by atoms with Gasteiger partial charge in [-0.3, -0.25) is 4.79 Å². The summed E-state index contributed by atoms with van der Waals surface area (Å²) >= 11 is 5.93.